The molecule has 0 N–H and O–H groups in total. The number of amides is 1. The fourth-order valence-electron chi connectivity index (χ4n) is 3.62. The fourth-order valence-corrected chi connectivity index (χ4v) is 3.62. The van der Waals surface area contributed by atoms with Crippen LogP contribution >= 0.6 is 0 Å². The first-order valence-electron chi connectivity index (χ1n) is 8.21. The minimum absolute atomic E-state index is 0.0356. The Bertz CT molecular complexity index is 749. The van der Waals surface area contributed by atoms with E-state index in [4.69, 9.17) is 0 Å². The van der Waals surface area contributed by atoms with Crippen molar-refractivity contribution in [1.82, 2.24) is 19.7 Å². The summed E-state index contributed by atoms with van der Waals surface area (Å²) in [7, 11) is 0. The van der Waals surface area contributed by atoms with Crippen molar-refractivity contribution < 1.29 is 13.6 Å². The van der Waals surface area contributed by atoms with Crippen LogP contribution in [0.3, 0.4) is 0 Å². The van der Waals surface area contributed by atoms with Gasteiger partial charge in [0.2, 0.25) is 5.91 Å². The number of aromatic nitrogens is 3. The van der Waals surface area contributed by atoms with Gasteiger partial charge in [0.15, 0.2) is 0 Å². The highest BCUT2D eigenvalue weighted by molar-refractivity contribution is 5.83. The van der Waals surface area contributed by atoms with Gasteiger partial charge in [0, 0.05) is 19.0 Å². The molecule has 2 aromatic rings. The third-order valence-electron chi connectivity index (χ3n) is 4.98. The average Bonchev–Trinajstić information content (AvgIpc) is 3.19. The average molecular weight is 332 g/mol. The number of piperidine rings is 1. The number of hydrogen-bond acceptors (Lipinski definition) is 3. The van der Waals surface area contributed by atoms with Crippen molar-refractivity contribution in [2.45, 2.75) is 31.2 Å². The van der Waals surface area contributed by atoms with Gasteiger partial charge >= 0.3 is 0 Å². The summed E-state index contributed by atoms with van der Waals surface area (Å²) >= 11 is 0. The van der Waals surface area contributed by atoms with E-state index in [1.165, 1.54) is 12.4 Å². The lowest BCUT2D eigenvalue weighted by Crippen LogP contribution is -2.41. The molecule has 2 fully saturated rings. The standard InChI is InChI=1S/C17H18F2N4O/c18-11-3-4-16(19)14(6-11)13-7-15(13)17(24)22-5-1-2-12(8-22)23-10-20-9-21-23/h3-4,6,9-10,12-13,15H,1-2,5,7-8H2/t12-,13-,15+/m0/s1. The van der Waals surface area contributed by atoms with E-state index in [0.29, 0.717) is 25.1 Å². The lowest BCUT2D eigenvalue weighted by Gasteiger charge is -2.32. The first kappa shape index (κ1) is 15.2. The van der Waals surface area contributed by atoms with E-state index in [1.807, 2.05) is 4.90 Å². The molecule has 4 rings (SSSR count). The summed E-state index contributed by atoms with van der Waals surface area (Å²) in [6, 6.07) is 3.58. The van der Waals surface area contributed by atoms with E-state index >= 15 is 0 Å². The van der Waals surface area contributed by atoms with Crippen LogP contribution in [0.25, 0.3) is 0 Å². The topological polar surface area (TPSA) is 51.0 Å². The number of carbonyl (C=O) groups is 1. The Labute approximate surface area is 138 Å². The second-order valence-electron chi connectivity index (χ2n) is 6.57. The van der Waals surface area contributed by atoms with E-state index in [1.54, 1.807) is 11.0 Å². The van der Waals surface area contributed by atoms with Crippen LogP contribution in [0.5, 0.6) is 0 Å². The third kappa shape index (κ3) is 2.79. The Morgan fingerprint density at radius 2 is 2.17 bits per heavy atom. The van der Waals surface area contributed by atoms with Gasteiger partial charge in [-0.25, -0.2) is 18.4 Å². The van der Waals surface area contributed by atoms with Crippen LogP contribution in [0.4, 0.5) is 8.78 Å². The second kappa shape index (κ2) is 5.96. The predicted octanol–water partition coefficient (Wildman–Crippen LogP) is 2.52. The molecule has 2 heterocycles. The van der Waals surface area contributed by atoms with E-state index in [0.717, 1.165) is 25.0 Å². The van der Waals surface area contributed by atoms with Crippen LogP contribution in [0.15, 0.2) is 30.9 Å². The van der Waals surface area contributed by atoms with Crippen molar-refractivity contribution in [1.29, 1.82) is 0 Å². The van der Waals surface area contributed by atoms with Gasteiger partial charge < -0.3 is 4.90 Å². The normalized spacial score (nSPS) is 26.4. The Morgan fingerprint density at radius 3 is 2.96 bits per heavy atom. The molecule has 0 spiro atoms. The van der Waals surface area contributed by atoms with Gasteiger partial charge in [-0.15, -0.1) is 0 Å². The quantitative estimate of drug-likeness (QED) is 0.868. The van der Waals surface area contributed by atoms with Crippen LogP contribution in [0.1, 0.15) is 36.8 Å². The molecule has 0 radical (unpaired) electrons. The van der Waals surface area contributed by atoms with Gasteiger partial charge in [-0.1, -0.05) is 0 Å². The van der Waals surface area contributed by atoms with Gasteiger partial charge in [0.05, 0.1) is 6.04 Å². The summed E-state index contributed by atoms with van der Waals surface area (Å²) in [6.45, 7) is 1.30. The summed E-state index contributed by atoms with van der Waals surface area (Å²) in [6.07, 6.45) is 5.61. The van der Waals surface area contributed by atoms with Crippen LogP contribution in [-0.4, -0.2) is 38.7 Å². The fraction of sp³-hybridized carbons (Fsp3) is 0.471. The molecule has 3 atom stereocenters. The Hall–Kier alpha value is -2.31. The molecule has 1 aliphatic heterocycles. The first-order valence-corrected chi connectivity index (χ1v) is 8.21. The maximum absolute atomic E-state index is 13.9. The first-order chi connectivity index (χ1) is 11.6. The zero-order valence-electron chi connectivity index (χ0n) is 13.1. The lowest BCUT2D eigenvalue weighted by molar-refractivity contribution is -0.134. The Morgan fingerprint density at radius 1 is 1.29 bits per heavy atom. The molecule has 5 nitrogen and oxygen atoms in total. The Balaban J connectivity index is 1.44. The summed E-state index contributed by atoms with van der Waals surface area (Å²) in [5, 5.41) is 4.15. The molecule has 1 amide bonds. The SMILES string of the molecule is O=C([C@@H]1C[C@H]1c1cc(F)ccc1F)N1CCC[C@H](n2cncn2)C1. The summed E-state index contributed by atoms with van der Waals surface area (Å²) in [5.41, 5.74) is 0.318. The largest absolute Gasteiger partial charge is 0.340 e. The van der Waals surface area contributed by atoms with Crippen LogP contribution in [-0.2, 0) is 4.79 Å². The number of halogens is 2. The molecular formula is C17H18F2N4O. The van der Waals surface area contributed by atoms with Crippen molar-refractivity contribution in [2.75, 3.05) is 13.1 Å². The minimum Gasteiger partial charge on any atom is -0.340 e. The highest BCUT2D eigenvalue weighted by Crippen LogP contribution is 2.49. The van der Waals surface area contributed by atoms with Crippen LogP contribution < -0.4 is 0 Å². The van der Waals surface area contributed by atoms with E-state index < -0.39 is 11.6 Å². The molecule has 24 heavy (non-hydrogen) atoms. The van der Waals surface area contributed by atoms with Crippen LogP contribution in [0, 0.1) is 17.6 Å². The molecule has 126 valence electrons. The molecule has 1 saturated heterocycles. The molecular weight excluding hydrogens is 314 g/mol. The van der Waals surface area contributed by atoms with Gasteiger partial charge in [0.25, 0.3) is 0 Å². The number of carbonyl (C=O) groups excluding carboxylic acids is 1. The van der Waals surface area contributed by atoms with Gasteiger partial charge in [-0.2, -0.15) is 5.10 Å². The summed E-state index contributed by atoms with van der Waals surface area (Å²) in [4.78, 5) is 18.5. The van der Waals surface area contributed by atoms with E-state index in [9.17, 15) is 13.6 Å². The van der Waals surface area contributed by atoms with Gasteiger partial charge in [-0.3, -0.25) is 4.79 Å². The Kier molecular flexibility index (Phi) is 3.78. The molecule has 2 aliphatic rings. The number of benzene rings is 1. The number of rotatable bonds is 3. The smallest absolute Gasteiger partial charge is 0.226 e. The van der Waals surface area contributed by atoms with Crippen molar-refractivity contribution in [3.8, 4) is 0 Å². The highest BCUT2D eigenvalue weighted by atomic mass is 19.1. The molecule has 0 bridgehead atoms. The van der Waals surface area contributed by atoms with Crippen molar-refractivity contribution >= 4 is 5.91 Å². The van der Waals surface area contributed by atoms with E-state index in [2.05, 4.69) is 10.1 Å². The zero-order valence-corrected chi connectivity index (χ0v) is 13.1. The maximum atomic E-state index is 13.9. The monoisotopic (exact) mass is 332 g/mol. The second-order valence-corrected chi connectivity index (χ2v) is 6.57. The number of hydrogen-bond donors (Lipinski definition) is 0. The summed E-state index contributed by atoms with van der Waals surface area (Å²) < 4.78 is 29.0. The molecule has 0 unspecified atom stereocenters. The number of likely N-dealkylation sites (tertiary alicyclic amines) is 1. The minimum atomic E-state index is -0.464. The predicted molar refractivity (Wildman–Crippen MR) is 82.1 cm³/mol. The van der Waals surface area contributed by atoms with Crippen molar-refractivity contribution in [2.24, 2.45) is 5.92 Å². The van der Waals surface area contributed by atoms with Crippen molar-refractivity contribution in [3.05, 3.63) is 48.1 Å². The van der Waals surface area contributed by atoms with Crippen LogP contribution in [0.2, 0.25) is 0 Å². The molecule has 1 saturated carbocycles. The molecule has 1 aromatic carbocycles. The third-order valence-corrected chi connectivity index (χ3v) is 4.98. The maximum Gasteiger partial charge on any atom is 0.226 e. The van der Waals surface area contributed by atoms with Gasteiger partial charge in [-0.05, 0) is 48.9 Å². The zero-order chi connectivity index (χ0) is 16.7. The van der Waals surface area contributed by atoms with Crippen molar-refractivity contribution in [3.63, 3.8) is 0 Å². The van der Waals surface area contributed by atoms with E-state index in [-0.39, 0.29) is 23.8 Å². The van der Waals surface area contributed by atoms with Gasteiger partial charge in [0.1, 0.15) is 24.3 Å². The molecule has 1 aliphatic carbocycles. The molecule has 7 heteroatoms. The lowest BCUT2D eigenvalue weighted by atomic mass is 10.0. The highest BCUT2D eigenvalue weighted by Gasteiger charge is 2.47. The number of nitrogens with zero attached hydrogens (tertiary/aromatic N) is 4. The molecule has 1 aromatic heterocycles. The summed E-state index contributed by atoms with van der Waals surface area (Å²) in [5.74, 6) is -1.31.